The van der Waals surface area contributed by atoms with E-state index in [0.717, 1.165) is 0 Å². The summed E-state index contributed by atoms with van der Waals surface area (Å²) in [4.78, 5) is 12.6. The lowest BCUT2D eigenvalue weighted by atomic mass is 10.1. The van der Waals surface area contributed by atoms with Crippen LogP contribution in [0.2, 0.25) is 0 Å². The van der Waals surface area contributed by atoms with Gasteiger partial charge >= 0.3 is 5.97 Å². The first kappa shape index (κ1) is 11.2. The quantitative estimate of drug-likeness (QED) is 0.753. The third-order valence-electron chi connectivity index (χ3n) is 1.93. The highest BCUT2D eigenvalue weighted by molar-refractivity contribution is 7.09. The molecule has 0 amide bonds. The lowest BCUT2D eigenvalue weighted by Crippen LogP contribution is -2.27. The molecule has 3 nitrogen and oxygen atoms in total. The molecule has 0 aromatic carbocycles. The van der Waals surface area contributed by atoms with Crippen molar-refractivity contribution < 1.29 is 9.53 Å². The standard InChI is InChI=1S/C10H15NO2S/c1-2-13-10(12)8(7-11)6-9-4-3-5-14-9/h3-5,8H,2,6-7,11H2,1H3. The van der Waals surface area contributed by atoms with Gasteiger partial charge in [0.1, 0.15) is 0 Å². The number of hydrogen-bond donors (Lipinski definition) is 1. The molecule has 0 saturated heterocycles. The van der Waals surface area contributed by atoms with Gasteiger partial charge in [0, 0.05) is 11.4 Å². The second-order valence-electron chi connectivity index (χ2n) is 2.97. The molecule has 0 aliphatic carbocycles. The van der Waals surface area contributed by atoms with Crippen LogP contribution in [-0.2, 0) is 16.0 Å². The molecule has 0 saturated carbocycles. The summed E-state index contributed by atoms with van der Waals surface area (Å²) in [5.74, 6) is -0.392. The number of carbonyl (C=O) groups excluding carboxylic acids is 1. The van der Waals surface area contributed by atoms with Gasteiger partial charge in [0.25, 0.3) is 0 Å². The Hall–Kier alpha value is -0.870. The van der Waals surface area contributed by atoms with E-state index in [1.807, 2.05) is 17.5 Å². The number of thiophene rings is 1. The summed E-state index contributed by atoms with van der Waals surface area (Å²) in [7, 11) is 0. The van der Waals surface area contributed by atoms with Gasteiger partial charge in [-0.05, 0) is 24.8 Å². The first-order chi connectivity index (χ1) is 6.77. The largest absolute Gasteiger partial charge is 0.466 e. The third-order valence-corrected chi connectivity index (χ3v) is 2.83. The summed E-state index contributed by atoms with van der Waals surface area (Å²) < 4.78 is 4.93. The molecular weight excluding hydrogens is 198 g/mol. The van der Waals surface area contributed by atoms with Crippen molar-refractivity contribution in [3.8, 4) is 0 Å². The van der Waals surface area contributed by atoms with Gasteiger partial charge in [-0.1, -0.05) is 6.07 Å². The van der Waals surface area contributed by atoms with E-state index in [0.29, 0.717) is 19.6 Å². The number of esters is 1. The van der Waals surface area contributed by atoms with Crippen LogP contribution < -0.4 is 5.73 Å². The molecule has 14 heavy (non-hydrogen) atoms. The number of rotatable bonds is 5. The average Bonchev–Trinajstić information content (AvgIpc) is 2.66. The van der Waals surface area contributed by atoms with Crippen molar-refractivity contribution >= 4 is 17.3 Å². The van der Waals surface area contributed by atoms with Crippen molar-refractivity contribution in [2.45, 2.75) is 13.3 Å². The smallest absolute Gasteiger partial charge is 0.310 e. The molecule has 1 aromatic rings. The topological polar surface area (TPSA) is 52.3 Å². The predicted molar refractivity (Wildman–Crippen MR) is 57.2 cm³/mol. The number of nitrogens with two attached hydrogens (primary N) is 1. The fourth-order valence-corrected chi connectivity index (χ4v) is 1.98. The van der Waals surface area contributed by atoms with E-state index in [-0.39, 0.29) is 11.9 Å². The molecule has 1 rings (SSSR count). The van der Waals surface area contributed by atoms with Crippen molar-refractivity contribution in [2.24, 2.45) is 11.7 Å². The summed E-state index contributed by atoms with van der Waals surface area (Å²) in [6.07, 6.45) is 0.688. The van der Waals surface area contributed by atoms with E-state index in [1.165, 1.54) is 4.88 Å². The van der Waals surface area contributed by atoms with Gasteiger partial charge in [-0.25, -0.2) is 0 Å². The Morgan fingerprint density at radius 3 is 3.00 bits per heavy atom. The number of carbonyl (C=O) groups is 1. The van der Waals surface area contributed by atoms with Crippen LogP contribution in [0, 0.1) is 5.92 Å². The third kappa shape index (κ3) is 3.12. The van der Waals surface area contributed by atoms with Crippen LogP contribution in [-0.4, -0.2) is 19.1 Å². The van der Waals surface area contributed by atoms with Crippen LogP contribution in [0.3, 0.4) is 0 Å². The van der Waals surface area contributed by atoms with Gasteiger partial charge in [-0.2, -0.15) is 0 Å². The highest BCUT2D eigenvalue weighted by Crippen LogP contribution is 2.14. The minimum atomic E-state index is -0.200. The normalized spacial score (nSPS) is 12.4. The molecule has 0 bridgehead atoms. The molecule has 1 atom stereocenters. The lowest BCUT2D eigenvalue weighted by molar-refractivity contribution is -0.147. The Labute approximate surface area is 87.9 Å². The fourth-order valence-electron chi connectivity index (χ4n) is 1.19. The van der Waals surface area contributed by atoms with Crippen molar-refractivity contribution in [2.75, 3.05) is 13.2 Å². The molecule has 0 aliphatic heterocycles. The molecule has 78 valence electrons. The highest BCUT2D eigenvalue weighted by atomic mass is 32.1. The van der Waals surface area contributed by atoms with E-state index in [9.17, 15) is 4.79 Å². The van der Waals surface area contributed by atoms with E-state index < -0.39 is 0 Å². The molecule has 0 spiro atoms. The highest BCUT2D eigenvalue weighted by Gasteiger charge is 2.18. The van der Waals surface area contributed by atoms with Crippen molar-refractivity contribution in [3.63, 3.8) is 0 Å². The van der Waals surface area contributed by atoms with E-state index in [1.54, 1.807) is 18.3 Å². The SMILES string of the molecule is CCOC(=O)C(CN)Cc1cccs1. The van der Waals surface area contributed by atoms with E-state index in [2.05, 4.69) is 0 Å². The lowest BCUT2D eigenvalue weighted by Gasteiger charge is -2.11. The Bertz CT molecular complexity index is 272. The maximum Gasteiger partial charge on any atom is 0.310 e. The van der Waals surface area contributed by atoms with Crippen molar-refractivity contribution in [1.29, 1.82) is 0 Å². The molecule has 2 N–H and O–H groups in total. The first-order valence-corrected chi connectivity index (χ1v) is 5.55. The van der Waals surface area contributed by atoms with Crippen LogP contribution in [0.25, 0.3) is 0 Å². The van der Waals surface area contributed by atoms with Gasteiger partial charge in [0.05, 0.1) is 12.5 Å². The number of hydrogen-bond acceptors (Lipinski definition) is 4. The Balaban J connectivity index is 2.50. The van der Waals surface area contributed by atoms with Crippen LogP contribution in [0.15, 0.2) is 17.5 Å². The molecule has 1 aromatic heterocycles. The van der Waals surface area contributed by atoms with Gasteiger partial charge < -0.3 is 10.5 Å². The minimum absolute atomic E-state index is 0.191. The zero-order valence-corrected chi connectivity index (χ0v) is 9.05. The molecule has 1 heterocycles. The average molecular weight is 213 g/mol. The molecule has 0 fully saturated rings. The van der Waals surface area contributed by atoms with Crippen LogP contribution >= 0.6 is 11.3 Å². The summed E-state index contributed by atoms with van der Waals surface area (Å²) in [5.41, 5.74) is 5.52. The Kier molecular flexibility index (Phi) is 4.62. The summed E-state index contributed by atoms with van der Waals surface area (Å²) >= 11 is 1.64. The van der Waals surface area contributed by atoms with Gasteiger partial charge in [-0.15, -0.1) is 11.3 Å². The zero-order chi connectivity index (χ0) is 10.4. The van der Waals surface area contributed by atoms with Crippen LogP contribution in [0.4, 0.5) is 0 Å². The maximum atomic E-state index is 11.4. The zero-order valence-electron chi connectivity index (χ0n) is 8.23. The van der Waals surface area contributed by atoms with Crippen LogP contribution in [0.1, 0.15) is 11.8 Å². The fraction of sp³-hybridized carbons (Fsp3) is 0.500. The summed E-state index contributed by atoms with van der Waals surface area (Å²) in [5, 5.41) is 1.99. The second kappa shape index (κ2) is 5.78. The van der Waals surface area contributed by atoms with Gasteiger partial charge in [-0.3, -0.25) is 4.79 Å². The Morgan fingerprint density at radius 1 is 1.71 bits per heavy atom. The van der Waals surface area contributed by atoms with E-state index >= 15 is 0 Å². The van der Waals surface area contributed by atoms with Crippen molar-refractivity contribution in [1.82, 2.24) is 0 Å². The van der Waals surface area contributed by atoms with Gasteiger partial charge in [0.2, 0.25) is 0 Å². The molecule has 1 unspecified atom stereocenters. The van der Waals surface area contributed by atoms with E-state index in [4.69, 9.17) is 10.5 Å². The summed E-state index contributed by atoms with van der Waals surface area (Å²) in [6, 6.07) is 3.98. The minimum Gasteiger partial charge on any atom is -0.466 e. The molecular formula is C10H15NO2S. The molecule has 4 heteroatoms. The number of ether oxygens (including phenoxy) is 1. The Morgan fingerprint density at radius 2 is 2.50 bits per heavy atom. The molecule has 0 aliphatic rings. The molecule has 0 radical (unpaired) electrons. The maximum absolute atomic E-state index is 11.4. The second-order valence-corrected chi connectivity index (χ2v) is 4.00. The first-order valence-electron chi connectivity index (χ1n) is 4.67. The van der Waals surface area contributed by atoms with Crippen molar-refractivity contribution in [3.05, 3.63) is 22.4 Å². The monoisotopic (exact) mass is 213 g/mol. The van der Waals surface area contributed by atoms with Gasteiger partial charge in [0.15, 0.2) is 0 Å². The summed E-state index contributed by atoms with van der Waals surface area (Å²) in [6.45, 7) is 2.56. The predicted octanol–water partition coefficient (Wildman–Crippen LogP) is 1.43. The van der Waals surface area contributed by atoms with Crippen LogP contribution in [0.5, 0.6) is 0 Å².